The van der Waals surface area contributed by atoms with Crippen LogP contribution < -0.4 is 24.6 Å². The van der Waals surface area contributed by atoms with E-state index in [9.17, 15) is 33.5 Å². The number of aromatic nitrogens is 2. The molecule has 394 valence electrons. The van der Waals surface area contributed by atoms with E-state index in [1.165, 1.54) is 23.3 Å². The Morgan fingerprint density at radius 2 is 1.69 bits per heavy atom. The number of nitro benzene ring substituents is 1. The number of nitrogens with zero attached hydrogens (tertiary/aromatic N) is 5. The molecule has 2 saturated carbocycles. The molecular formula is C56H70N8O9S. The molecule has 17 nitrogen and oxygen atoms in total. The lowest BCUT2D eigenvalue weighted by Gasteiger charge is -2.58. The maximum absolute atomic E-state index is 14.7. The van der Waals surface area contributed by atoms with Crippen molar-refractivity contribution in [3.8, 4) is 5.88 Å². The molecule has 3 aromatic carbocycles. The molecule has 4 aliphatic heterocycles. The van der Waals surface area contributed by atoms with Crippen molar-refractivity contribution in [1.29, 1.82) is 0 Å². The summed E-state index contributed by atoms with van der Waals surface area (Å²) in [5, 5.41) is 38.1. The molecule has 5 N–H and O–H groups in total. The van der Waals surface area contributed by atoms with Crippen molar-refractivity contribution >= 4 is 55.4 Å². The van der Waals surface area contributed by atoms with Crippen LogP contribution in [0.4, 0.5) is 28.4 Å². The maximum Gasteiger partial charge on any atom is 0.293 e. The van der Waals surface area contributed by atoms with E-state index >= 15 is 0 Å². The third kappa shape index (κ3) is 9.83. The molecule has 6 aliphatic rings. The summed E-state index contributed by atoms with van der Waals surface area (Å²) in [5.74, 6) is 0.0492. The van der Waals surface area contributed by atoms with Gasteiger partial charge in [0, 0.05) is 68.2 Å². The van der Waals surface area contributed by atoms with Crippen molar-refractivity contribution < 1.29 is 37.8 Å². The van der Waals surface area contributed by atoms with Crippen LogP contribution in [-0.2, 0) is 14.8 Å². The van der Waals surface area contributed by atoms with Crippen molar-refractivity contribution in [1.82, 2.24) is 19.6 Å². The molecule has 74 heavy (non-hydrogen) atoms. The third-order valence-electron chi connectivity index (χ3n) is 17.5. The van der Waals surface area contributed by atoms with Gasteiger partial charge in [0.25, 0.3) is 21.6 Å². The van der Waals surface area contributed by atoms with Gasteiger partial charge in [-0.2, -0.15) is 4.98 Å². The van der Waals surface area contributed by atoms with Crippen LogP contribution in [0, 0.1) is 21.4 Å². The number of nitro groups is 1. The van der Waals surface area contributed by atoms with Crippen LogP contribution >= 0.6 is 0 Å². The second-order valence-electron chi connectivity index (χ2n) is 23.1. The number of hydrogen-bond acceptors (Lipinski definition) is 14. The first-order valence-corrected chi connectivity index (χ1v) is 28.1. The van der Waals surface area contributed by atoms with Gasteiger partial charge in [-0.15, -0.1) is 0 Å². The summed E-state index contributed by atoms with van der Waals surface area (Å²) in [4.78, 5) is 41.2. The molecule has 4 atom stereocenters. The van der Waals surface area contributed by atoms with E-state index < -0.39 is 48.7 Å². The molecule has 2 unspecified atom stereocenters. The molecule has 0 radical (unpaired) electrons. The number of anilines is 4. The smallest absolute Gasteiger partial charge is 0.293 e. The average Bonchev–Trinajstić information content (AvgIpc) is 3.83. The monoisotopic (exact) mass is 1030 g/mol. The highest BCUT2D eigenvalue weighted by atomic mass is 32.2. The Kier molecular flexibility index (Phi) is 13.2. The third-order valence-corrected chi connectivity index (χ3v) is 18.8. The first-order chi connectivity index (χ1) is 35.3. The second-order valence-corrected chi connectivity index (χ2v) is 24.8. The number of fused-ring (bicyclic) bond motifs is 3. The first-order valence-electron chi connectivity index (χ1n) is 26.6. The predicted molar refractivity (Wildman–Crippen MR) is 284 cm³/mol. The molecule has 5 aromatic rings. The molecule has 0 bridgehead atoms. The number of pyridine rings is 1. The van der Waals surface area contributed by atoms with Crippen LogP contribution in [0.25, 0.3) is 11.0 Å². The highest BCUT2D eigenvalue weighted by Crippen LogP contribution is 2.55. The van der Waals surface area contributed by atoms with E-state index in [0.717, 1.165) is 81.7 Å². The molecular weight excluding hydrogens is 961 g/mol. The van der Waals surface area contributed by atoms with Crippen LogP contribution in [0.5, 0.6) is 5.88 Å². The molecule has 2 aliphatic carbocycles. The summed E-state index contributed by atoms with van der Waals surface area (Å²) in [5.41, 5.74) is 3.97. The summed E-state index contributed by atoms with van der Waals surface area (Å²) in [6.45, 7) is 11.9. The number of aromatic amines is 1. The fourth-order valence-electron chi connectivity index (χ4n) is 13.1. The Morgan fingerprint density at radius 1 is 0.919 bits per heavy atom. The van der Waals surface area contributed by atoms with Gasteiger partial charge >= 0.3 is 0 Å². The second kappa shape index (κ2) is 19.4. The number of sulfonamides is 1. The van der Waals surface area contributed by atoms with Crippen molar-refractivity contribution in [3.05, 3.63) is 106 Å². The van der Waals surface area contributed by atoms with Gasteiger partial charge in [-0.25, -0.2) is 13.1 Å². The number of rotatable bonds is 12. The minimum Gasteiger partial charge on any atom is -0.468 e. The van der Waals surface area contributed by atoms with Crippen molar-refractivity contribution in [3.63, 3.8) is 0 Å². The molecule has 3 saturated heterocycles. The van der Waals surface area contributed by atoms with Crippen molar-refractivity contribution in [2.75, 3.05) is 54.5 Å². The zero-order valence-corrected chi connectivity index (χ0v) is 43.7. The van der Waals surface area contributed by atoms with Gasteiger partial charge in [0.1, 0.15) is 23.1 Å². The number of nitrogens with one attached hydrogen (secondary N) is 3. The van der Waals surface area contributed by atoms with Gasteiger partial charge in [0.05, 0.1) is 44.9 Å². The van der Waals surface area contributed by atoms with Gasteiger partial charge < -0.3 is 39.8 Å². The fraction of sp³-hybridized carbons (Fsp3) is 0.536. The number of aliphatic hydroxyl groups is 2. The normalized spacial score (nSPS) is 27.3. The summed E-state index contributed by atoms with van der Waals surface area (Å²) in [6, 6.07) is 22.1. The van der Waals surface area contributed by atoms with Crippen molar-refractivity contribution in [2.24, 2.45) is 11.3 Å². The maximum atomic E-state index is 14.7. The Bertz CT molecular complexity index is 3040. The van der Waals surface area contributed by atoms with Gasteiger partial charge in [0.2, 0.25) is 5.88 Å². The lowest BCUT2D eigenvalue weighted by Crippen LogP contribution is -2.58. The van der Waals surface area contributed by atoms with Gasteiger partial charge in [0.15, 0.2) is 0 Å². The average molecular weight is 1030 g/mol. The van der Waals surface area contributed by atoms with E-state index in [1.807, 2.05) is 38.1 Å². The van der Waals surface area contributed by atoms with Gasteiger partial charge in [-0.1, -0.05) is 38.1 Å². The van der Waals surface area contributed by atoms with Crippen LogP contribution in [-0.4, -0.2) is 113 Å². The van der Waals surface area contributed by atoms with Crippen LogP contribution in [0.3, 0.4) is 0 Å². The van der Waals surface area contributed by atoms with Crippen LogP contribution in [0.15, 0.2) is 83.9 Å². The molecule has 1 amide bonds. The molecule has 5 fully saturated rings. The van der Waals surface area contributed by atoms with E-state index in [-0.39, 0.29) is 34.7 Å². The Hall–Kier alpha value is -5.79. The van der Waals surface area contributed by atoms with E-state index in [0.29, 0.717) is 80.3 Å². The topological polar surface area (TPSA) is 216 Å². The number of piperidine rings is 2. The van der Waals surface area contributed by atoms with Gasteiger partial charge in [-0.3, -0.25) is 19.8 Å². The Labute approximate surface area is 433 Å². The molecule has 11 rings (SSSR count). The van der Waals surface area contributed by atoms with Gasteiger partial charge in [-0.05, 0) is 155 Å². The number of amides is 1. The minimum absolute atomic E-state index is 0.105. The summed E-state index contributed by atoms with van der Waals surface area (Å²) >= 11 is 0. The number of carbonyl (C=O) groups excluding carboxylic acids is 1. The Balaban J connectivity index is 0.865. The number of likely N-dealkylation sites (tertiary alicyclic amines) is 1. The quantitative estimate of drug-likeness (QED) is 0.0582. The van der Waals surface area contributed by atoms with Crippen LogP contribution in [0.1, 0.15) is 132 Å². The summed E-state index contributed by atoms with van der Waals surface area (Å²) < 4.78 is 43.1. The highest BCUT2D eigenvalue weighted by molar-refractivity contribution is 7.90. The zero-order valence-electron chi connectivity index (χ0n) is 42.9. The van der Waals surface area contributed by atoms with E-state index in [4.69, 9.17) is 14.5 Å². The molecule has 6 heterocycles. The molecule has 2 aromatic heterocycles. The number of H-pyrrole nitrogens is 1. The number of carbonyl (C=O) groups is 1. The number of hydrogen-bond donors (Lipinski definition) is 5. The van der Waals surface area contributed by atoms with E-state index in [2.05, 4.69) is 67.8 Å². The van der Waals surface area contributed by atoms with Crippen molar-refractivity contribution in [2.45, 2.75) is 145 Å². The SMILES string of the molecule is CC(C)c1ccccc1C1CC(C)(O)CCN1C1CC2(CCN(c3ccc(C(=O)NS(=O)(=O)c4ccc(NCC5CCC(C)(O)CC5)c([N+](=O)[O-])c4)c(N4c5cc6cc[nH]c6nc5O[C@H]5COCC[C@@H]54)c3)CC2)C1. The zero-order chi connectivity index (χ0) is 51.7. The fourth-order valence-corrected chi connectivity index (χ4v) is 14.1. The minimum atomic E-state index is -4.63. The summed E-state index contributed by atoms with van der Waals surface area (Å²) in [6.07, 6.45) is 10.4. The van der Waals surface area contributed by atoms with E-state index in [1.54, 1.807) is 12.3 Å². The largest absolute Gasteiger partial charge is 0.468 e. The lowest BCUT2D eigenvalue weighted by atomic mass is 9.59. The number of benzene rings is 3. The molecule has 18 heteroatoms. The Morgan fingerprint density at radius 3 is 2.45 bits per heavy atom. The number of ether oxygens (including phenoxy) is 2. The highest BCUT2D eigenvalue weighted by Gasteiger charge is 2.51. The summed E-state index contributed by atoms with van der Waals surface area (Å²) in [7, 11) is -4.63. The first kappa shape index (κ1) is 50.4. The van der Waals surface area contributed by atoms with Crippen LogP contribution in [0.2, 0.25) is 0 Å². The molecule has 1 spiro atoms. The lowest BCUT2D eigenvalue weighted by molar-refractivity contribution is -0.384. The standard InChI is InChI=1S/C56H70N8O9S/c1-35(2)41-7-5-6-8-42(41)49-32-55(4,67)19-25-62(49)39-30-56(31-39)20-23-61(24-21-56)38-9-11-43(46(28-38)63-45-16-26-72-34-50(45)73-53-48(63)27-37-15-22-57-51(37)59-53)52(65)60-74(70,71)40-10-12-44(47(29-40)64(68)69)58-33-36-13-17-54(3,66)18-14-36/h5-12,15,22,27-29,35-36,39,45,49-50,58,66-67H,13-14,16-21,23-26,30-34H2,1-4H3,(H,57,59)(H,60,65)/t36?,45-,49?,50-,54?,55?/m0/s1. The predicted octanol–water partition coefficient (Wildman–Crippen LogP) is 9.09.